The summed E-state index contributed by atoms with van der Waals surface area (Å²) in [5.74, 6) is 0. The quantitative estimate of drug-likeness (QED) is 0.599. The average Bonchev–Trinajstić information content (AvgIpc) is 2.48. The highest BCUT2D eigenvalue weighted by Gasteiger charge is 2.20. The standard InChI is InChI=1S/C12H15N3O5/c16-10-9(5-4-6-13-10)14-11(17)19-20-12(18)15-7-2-1-3-8-15/h4-6H,1-3,7-8H2,(H,13,16)(H,14,17). The highest BCUT2D eigenvalue weighted by atomic mass is 17.2. The fraction of sp³-hybridized carbons (Fsp3) is 0.417. The fourth-order valence-corrected chi connectivity index (χ4v) is 1.85. The van der Waals surface area contributed by atoms with E-state index in [2.05, 4.69) is 20.1 Å². The molecule has 0 spiro atoms. The minimum absolute atomic E-state index is 0.00604. The molecule has 108 valence electrons. The maximum absolute atomic E-state index is 11.6. The van der Waals surface area contributed by atoms with Crippen molar-refractivity contribution in [1.82, 2.24) is 9.88 Å². The molecule has 1 aromatic heterocycles. The zero-order chi connectivity index (χ0) is 14.4. The molecule has 0 unspecified atom stereocenters. The van der Waals surface area contributed by atoms with Crippen molar-refractivity contribution >= 4 is 17.9 Å². The summed E-state index contributed by atoms with van der Waals surface area (Å²) >= 11 is 0. The lowest BCUT2D eigenvalue weighted by molar-refractivity contribution is -0.184. The molecule has 0 aromatic carbocycles. The van der Waals surface area contributed by atoms with Gasteiger partial charge in [0.25, 0.3) is 5.56 Å². The third-order valence-corrected chi connectivity index (χ3v) is 2.86. The molecule has 1 fully saturated rings. The predicted octanol–water partition coefficient (Wildman–Crippen LogP) is 1.46. The van der Waals surface area contributed by atoms with Crippen LogP contribution in [0.1, 0.15) is 19.3 Å². The lowest BCUT2D eigenvalue weighted by Crippen LogP contribution is -2.36. The number of pyridine rings is 1. The summed E-state index contributed by atoms with van der Waals surface area (Å²) in [6.45, 7) is 1.17. The van der Waals surface area contributed by atoms with Crippen molar-refractivity contribution in [2.24, 2.45) is 0 Å². The molecule has 0 bridgehead atoms. The number of hydrogen-bond donors (Lipinski definition) is 2. The van der Waals surface area contributed by atoms with Crippen LogP contribution in [-0.4, -0.2) is 35.2 Å². The van der Waals surface area contributed by atoms with Crippen molar-refractivity contribution in [3.8, 4) is 0 Å². The summed E-state index contributed by atoms with van der Waals surface area (Å²) in [4.78, 5) is 46.8. The van der Waals surface area contributed by atoms with E-state index >= 15 is 0 Å². The van der Waals surface area contributed by atoms with Gasteiger partial charge in [0.05, 0.1) is 0 Å². The van der Waals surface area contributed by atoms with Crippen LogP contribution in [0.2, 0.25) is 0 Å². The molecular formula is C12H15N3O5. The molecule has 1 aromatic rings. The second-order valence-corrected chi connectivity index (χ2v) is 4.31. The first-order chi connectivity index (χ1) is 9.66. The Hall–Kier alpha value is -2.51. The number of rotatable bonds is 1. The van der Waals surface area contributed by atoms with Gasteiger partial charge in [-0.2, -0.15) is 0 Å². The average molecular weight is 281 g/mol. The third kappa shape index (κ3) is 3.74. The lowest BCUT2D eigenvalue weighted by Gasteiger charge is -2.24. The number of piperidine rings is 1. The minimum atomic E-state index is -1.04. The first kappa shape index (κ1) is 13.9. The molecule has 2 rings (SSSR count). The van der Waals surface area contributed by atoms with E-state index < -0.39 is 17.7 Å². The normalized spacial score (nSPS) is 14.5. The van der Waals surface area contributed by atoms with Gasteiger partial charge in [-0.1, -0.05) is 0 Å². The Kier molecular flexibility index (Phi) is 4.59. The molecule has 0 saturated carbocycles. The fourth-order valence-electron chi connectivity index (χ4n) is 1.85. The number of nitrogens with one attached hydrogen (secondary N) is 2. The van der Waals surface area contributed by atoms with Crippen molar-refractivity contribution in [1.29, 1.82) is 0 Å². The number of H-pyrrole nitrogens is 1. The zero-order valence-corrected chi connectivity index (χ0v) is 10.8. The Morgan fingerprint density at radius 2 is 1.95 bits per heavy atom. The van der Waals surface area contributed by atoms with E-state index in [0.29, 0.717) is 13.1 Å². The second kappa shape index (κ2) is 6.60. The number of amides is 2. The smallest absolute Gasteiger partial charge is 0.327 e. The van der Waals surface area contributed by atoms with Crippen LogP contribution in [0.4, 0.5) is 15.3 Å². The van der Waals surface area contributed by atoms with Gasteiger partial charge in [0, 0.05) is 19.3 Å². The SMILES string of the molecule is O=C(Nc1ccc[nH]c1=O)OOC(=O)N1CCCCC1. The summed E-state index contributed by atoms with van der Waals surface area (Å²) in [5, 5.41) is 2.17. The summed E-state index contributed by atoms with van der Waals surface area (Å²) in [5.41, 5.74) is -0.474. The molecule has 2 N–H and O–H groups in total. The van der Waals surface area contributed by atoms with Crippen LogP contribution in [0, 0.1) is 0 Å². The number of anilines is 1. The van der Waals surface area contributed by atoms with Crippen LogP contribution in [0.3, 0.4) is 0 Å². The van der Waals surface area contributed by atoms with Crippen molar-refractivity contribution < 1.29 is 19.4 Å². The van der Waals surface area contributed by atoms with E-state index in [1.807, 2.05) is 0 Å². The first-order valence-corrected chi connectivity index (χ1v) is 6.29. The van der Waals surface area contributed by atoms with Crippen molar-refractivity contribution in [3.63, 3.8) is 0 Å². The number of nitrogens with zero attached hydrogens (tertiary/aromatic N) is 1. The minimum Gasteiger partial charge on any atom is -0.327 e. The Bertz CT molecular complexity index is 536. The largest absolute Gasteiger partial charge is 0.455 e. The van der Waals surface area contributed by atoms with E-state index in [-0.39, 0.29) is 5.69 Å². The van der Waals surface area contributed by atoms with Gasteiger partial charge in [-0.05, 0) is 31.4 Å². The van der Waals surface area contributed by atoms with E-state index in [1.54, 1.807) is 0 Å². The highest BCUT2D eigenvalue weighted by Crippen LogP contribution is 2.10. The Morgan fingerprint density at radius 1 is 1.20 bits per heavy atom. The molecule has 2 heterocycles. The van der Waals surface area contributed by atoms with Crippen molar-refractivity contribution in [2.75, 3.05) is 18.4 Å². The maximum Gasteiger partial charge on any atom is 0.455 e. The molecule has 1 aliphatic rings. The molecule has 2 amide bonds. The highest BCUT2D eigenvalue weighted by molar-refractivity contribution is 5.84. The van der Waals surface area contributed by atoms with Gasteiger partial charge in [0.1, 0.15) is 5.69 Å². The number of carbonyl (C=O) groups excluding carboxylic acids is 2. The molecular weight excluding hydrogens is 266 g/mol. The Morgan fingerprint density at radius 3 is 2.65 bits per heavy atom. The third-order valence-electron chi connectivity index (χ3n) is 2.86. The van der Waals surface area contributed by atoms with Gasteiger partial charge in [-0.3, -0.25) is 10.1 Å². The molecule has 8 heteroatoms. The molecule has 1 saturated heterocycles. The molecule has 8 nitrogen and oxygen atoms in total. The van der Waals surface area contributed by atoms with Gasteiger partial charge in [0.15, 0.2) is 0 Å². The Labute approximate surface area is 114 Å². The molecule has 0 aliphatic carbocycles. The van der Waals surface area contributed by atoms with Crippen molar-refractivity contribution in [3.05, 3.63) is 28.7 Å². The number of aromatic amines is 1. The van der Waals surface area contributed by atoms with Gasteiger partial charge in [-0.15, -0.1) is 0 Å². The molecule has 0 atom stereocenters. The monoisotopic (exact) mass is 281 g/mol. The van der Waals surface area contributed by atoms with Gasteiger partial charge >= 0.3 is 12.2 Å². The van der Waals surface area contributed by atoms with Crippen LogP contribution >= 0.6 is 0 Å². The van der Waals surface area contributed by atoms with E-state index in [9.17, 15) is 14.4 Å². The number of aromatic nitrogens is 1. The zero-order valence-electron chi connectivity index (χ0n) is 10.8. The molecule has 1 aliphatic heterocycles. The summed E-state index contributed by atoms with van der Waals surface area (Å²) in [7, 11) is 0. The molecule has 20 heavy (non-hydrogen) atoms. The van der Waals surface area contributed by atoms with Crippen LogP contribution < -0.4 is 10.9 Å². The van der Waals surface area contributed by atoms with E-state index in [1.165, 1.54) is 23.2 Å². The van der Waals surface area contributed by atoms with Crippen molar-refractivity contribution in [2.45, 2.75) is 19.3 Å². The van der Waals surface area contributed by atoms with Crippen LogP contribution in [-0.2, 0) is 9.78 Å². The maximum atomic E-state index is 11.6. The number of carbonyl (C=O) groups is 2. The topological polar surface area (TPSA) is 101 Å². The van der Waals surface area contributed by atoms with Gasteiger partial charge < -0.3 is 9.88 Å². The lowest BCUT2D eigenvalue weighted by atomic mass is 10.1. The summed E-state index contributed by atoms with van der Waals surface area (Å²) in [6, 6.07) is 2.93. The number of hydrogen-bond acceptors (Lipinski definition) is 5. The Balaban J connectivity index is 1.79. The predicted molar refractivity (Wildman–Crippen MR) is 69.1 cm³/mol. The number of likely N-dealkylation sites (tertiary alicyclic amines) is 1. The van der Waals surface area contributed by atoms with E-state index in [0.717, 1.165) is 19.3 Å². The summed E-state index contributed by atoms with van der Waals surface area (Å²) in [6.07, 6.45) is 2.56. The van der Waals surface area contributed by atoms with E-state index in [4.69, 9.17) is 0 Å². The first-order valence-electron chi connectivity index (χ1n) is 6.29. The molecule has 0 radical (unpaired) electrons. The van der Waals surface area contributed by atoms with Crippen LogP contribution in [0.15, 0.2) is 23.1 Å². The second-order valence-electron chi connectivity index (χ2n) is 4.31. The van der Waals surface area contributed by atoms with Gasteiger partial charge in [-0.25, -0.2) is 19.4 Å². The summed E-state index contributed by atoms with van der Waals surface area (Å²) < 4.78 is 0. The van der Waals surface area contributed by atoms with Crippen LogP contribution in [0.25, 0.3) is 0 Å². The van der Waals surface area contributed by atoms with Gasteiger partial charge in [0.2, 0.25) is 0 Å². The van der Waals surface area contributed by atoms with Crippen LogP contribution in [0.5, 0.6) is 0 Å².